The van der Waals surface area contributed by atoms with Crippen molar-refractivity contribution in [3.05, 3.63) is 53.3 Å². The molecule has 0 bridgehead atoms. The Morgan fingerprint density at radius 1 is 1.25 bits per heavy atom. The topological polar surface area (TPSA) is 37.3 Å². The molecule has 2 heteroatoms. The standard InChI is InChI=1S/C14H16O2/c1-11(15)14(12(2)16)10-6-9-13-7-4-3-5-8-13/h3-9,15H,10H2,1-2H3/b9-6-,14-11+. The highest BCUT2D eigenvalue weighted by molar-refractivity contribution is 5.93. The van der Waals surface area contributed by atoms with Gasteiger partial charge in [0.1, 0.15) is 0 Å². The third-order valence-corrected chi connectivity index (χ3v) is 2.29. The molecule has 84 valence electrons. The molecule has 0 aliphatic rings. The van der Waals surface area contributed by atoms with Crippen molar-refractivity contribution in [1.29, 1.82) is 0 Å². The first-order chi connectivity index (χ1) is 7.61. The Balaban J connectivity index is 2.68. The Labute approximate surface area is 95.9 Å². The molecule has 0 radical (unpaired) electrons. The predicted octanol–water partition coefficient (Wildman–Crippen LogP) is 3.51. The van der Waals surface area contributed by atoms with Crippen molar-refractivity contribution in [3.63, 3.8) is 0 Å². The molecule has 0 saturated carbocycles. The van der Waals surface area contributed by atoms with E-state index in [-0.39, 0.29) is 11.5 Å². The van der Waals surface area contributed by atoms with Gasteiger partial charge in [-0.3, -0.25) is 4.79 Å². The highest BCUT2D eigenvalue weighted by atomic mass is 16.3. The maximum absolute atomic E-state index is 11.2. The molecule has 0 heterocycles. The number of aliphatic hydroxyl groups is 1. The number of ketones is 1. The van der Waals surface area contributed by atoms with Crippen LogP contribution < -0.4 is 0 Å². The number of Topliss-reactive ketones (excluding diaryl/α,β-unsaturated/α-hetero) is 1. The Morgan fingerprint density at radius 2 is 1.88 bits per heavy atom. The maximum atomic E-state index is 11.2. The number of allylic oxidation sites excluding steroid dienone is 3. The summed E-state index contributed by atoms with van der Waals surface area (Å²) in [5.74, 6) is 0.0166. The molecule has 1 rings (SSSR count). The zero-order valence-electron chi connectivity index (χ0n) is 9.60. The molecule has 0 aromatic heterocycles. The largest absolute Gasteiger partial charge is 0.512 e. The molecule has 0 aliphatic heterocycles. The lowest BCUT2D eigenvalue weighted by atomic mass is 10.1. The average molecular weight is 216 g/mol. The minimum atomic E-state index is -0.0855. The van der Waals surface area contributed by atoms with Crippen molar-refractivity contribution in [2.24, 2.45) is 0 Å². The lowest BCUT2D eigenvalue weighted by Crippen LogP contribution is -1.98. The summed E-state index contributed by atoms with van der Waals surface area (Å²) < 4.78 is 0. The second kappa shape index (κ2) is 5.91. The summed E-state index contributed by atoms with van der Waals surface area (Å²) in [6, 6.07) is 9.84. The molecule has 16 heavy (non-hydrogen) atoms. The van der Waals surface area contributed by atoms with E-state index in [1.165, 1.54) is 13.8 Å². The SMILES string of the molecule is CC(=O)/C(C/C=C\c1ccccc1)=C(\C)O. The first-order valence-electron chi connectivity index (χ1n) is 5.22. The van der Waals surface area contributed by atoms with Crippen LogP contribution in [0.5, 0.6) is 0 Å². The summed E-state index contributed by atoms with van der Waals surface area (Å²) in [6.45, 7) is 3.00. The normalized spacial score (nSPS) is 12.6. The average Bonchev–Trinajstić information content (AvgIpc) is 2.24. The van der Waals surface area contributed by atoms with Gasteiger partial charge in [-0.05, 0) is 25.8 Å². The number of hydrogen-bond donors (Lipinski definition) is 1. The molecule has 1 aromatic rings. The van der Waals surface area contributed by atoms with Crippen molar-refractivity contribution < 1.29 is 9.90 Å². The molecule has 0 amide bonds. The van der Waals surface area contributed by atoms with Crippen LogP contribution in [0.1, 0.15) is 25.8 Å². The third-order valence-electron chi connectivity index (χ3n) is 2.29. The van der Waals surface area contributed by atoms with E-state index >= 15 is 0 Å². The van der Waals surface area contributed by atoms with Crippen LogP contribution in [0, 0.1) is 0 Å². The molecule has 0 atom stereocenters. The summed E-state index contributed by atoms with van der Waals surface area (Å²) in [4.78, 5) is 11.2. The van der Waals surface area contributed by atoms with E-state index in [0.717, 1.165) is 5.56 Å². The first-order valence-corrected chi connectivity index (χ1v) is 5.22. The summed E-state index contributed by atoms with van der Waals surface area (Å²) in [7, 11) is 0. The van der Waals surface area contributed by atoms with Gasteiger partial charge in [-0.1, -0.05) is 42.5 Å². The van der Waals surface area contributed by atoms with Crippen molar-refractivity contribution in [2.45, 2.75) is 20.3 Å². The summed E-state index contributed by atoms with van der Waals surface area (Å²) >= 11 is 0. The Kier molecular flexibility index (Phi) is 4.52. The fraction of sp³-hybridized carbons (Fsp3) is 0.214. The van der Waals surface area contributed by atoms with Gasteiger partial charge in [0.05, 0.1) is 5.76 Å². The van der Waals surface area contributed by atoms with Crippen LogP contribution in [-0.4, -0.2) is 10.9 Å². The molecule has 0 saturated heterocycles. The number of carbonyl (C=O) groups excluding carboxylic acids is 1. The second-order valence-corrected chi connectivity index (χ2v) is 3.64. The van der Waals surface area contributed by atoms with Crippen LogP contribution in [-0.2, 0) is 4.79 Å². The Morgan fingerprint density at radius 3 is 2.38 bits per heavy atom. The highest BCUT2D eigenvalue weighted by Crippen LogP contribution is 2.10. The minimum absolute atomic E-state index is 0.0855. The summed E-state index contributed by atoms with van der Waals surface area (Å²) in [5.41, 5.74) is 1.55. The first kappa shape index (κ1) is 12.2. The van der Waals surface area contributed by atoms with E-state index in [1.807, 2.05) is 42.5 Å². The van der Waals surface area contributed by atoms with Crippen LogP contribution in [0.25, 0.3) is 6.08 Å². The smallest absolute Gasteiger partial charge is 0.159 e. The third kappa shape index (κ3) is 3.73. The molecule has 2 nitrogen and oxygen atoms in total. The van der Waals surface area contributed by atoms with Gasteiger partial charge in [-0.15, -0.1) is 0 Å². The van der Waals surface area contributed by atoms with Gasteiger partial charge in [-0.2, -0.15) is 0 Å². The van der Waals surface area contributed by atoms with Crippen molar-refractivity contribution in [2.75, 3.05) is 0 Å². The van der Waals surface area contributed by atoms with Crippen LogP contribution in [0.2, 0.25) is 0 Å². The number of rotatable bonds is 4. The monoisotopic (exact) mass is 216 g/mol. The van der Waals surface area contributed by atoms with E-state index in [1.54, 1.807) is 0 Å². The molecule has 0 fully saturated rings. The maximum Gasteiger partial charge on any atom is 0.159 e. The van der Waals surface area contributed by atoms with E-state index in [9.17, 15) is 9.90 Å². The molecule has 0 aliphatic carbocycles. The molecule has 0 spiro atoms. The fourth-order valence-electron chi connectivity index (χ4n) is 1.42. The number of aliphatic hydroxyl groups excluding tert-OH is 1. The zero-order valence-corrected chi connectivity index (χ0v) is 9.60. The molecular weight excluding hydrogens is 200 g/mol. The van der Waals surface area contributed by atoms with Gasteiger partial charge in [0.15, 0.2) is 5.78 Å². The van der Waals surface area contributed by atoms with Crippen molar-refractivity contribution in [3.8, 4) is 0 Å². The van der Waals surface area contributed by atoms with Crippen LogP contribution in [0.4, 0.5) is 0 Å². The number of hydrogen-bond acceptors (Lipinski definition) is 2. The minimum Gasteiger partial charge on any atom is -0.512 e. The predicted molar refractivity (Wildman–Crippen MR) is 66.1 cm³/mol. The van der Waals surface area contributed by atoms with Crippen LogP contribution >= 0.6 is 0 Å². The fourth-order valence-corrected chi connectivity index (χ4v) is 1.42. The van der Waals surface area contributed by atoms with Gasteiger partial charge in [-0.25, -0.2) is 0 Å². The van der Waals surface area contributed by atoms with Crippen LogP contribution in [0.3, 0.4) is 0 Å². The lowest BCUT2D eigenvalue weighted by molar-refractivity contribution is -0.113. The Bertz CT molecular complexity index is 410. The van der Waals surface area contributed by atoms with E-state index in [4.69, 9.17) is 0 Å². The Hall–Kier alpha value is -1.83. The zero-order chi connectivity index (χ0) is 12.0. The van der Waals surface area contributed by atoms with Crippen molar-refractivity contribution in [1.82, 2.24) is 0 Å². The van der Waals surface area contributed by atoms with Gasteiger partial charge >= 0.3 is 0 Å². The van der Waals surface area contributed by atoms with Crippen molar-refractivity contribution >= 4 is 11.9 Å². The van der Waals surface area contributed by atoms with Crippen LogP contribution in [0.15, 0.2) is 47.7 Å². The summed E-state index contributed by atoms with van der Waals surface area (Å²) in [5, 5.41) is 9.30. The van der Waals surface area contributed by atoms with Gasteiger partial charge in [0.25, 0.3) is 0 Å². The quantitative estimate of drug-likeness (QED) is 0.617. The van der Waals surface area contributed by atoms with E-state index < -0.39 is 0 Å². The molecular formula is C14H16O2. The summed E-state index contributed by atoms with van der Waals surface area (Å²) in [6.07, 6.45) is 4.28. The van der Waals surface area contributed by atoms with E-state index in [0.29, 0.717) is 12.0 Å². The number of carbonyl (C=O) groups is 1. The number of benzene rings is 1. The van der Waals surface area contributed by atoms with Gasteiger partial charge < -0.3 is 5.11 Å². The van der Waals surface area contributed by atoms with E-state index in [2.05, 4.69) is 0 Å². The van der Waals surface area contributed by atoms with Gasteiger partial charge in [0.2, 0.25) is 0 Å². The second-order valence-electron chi connectivity index (χ2n) is 3.64. The molecule has 1 N–H and O–H groups in total. The molecule has 0 unspecified atom stereocenters. The highest BCUT2D eigenvalue weighted by Gasteiger charge is 2.05. The van der Waals surface area contributed by atoms with Gasteiger partial charge in [0, 0.05) is 5.57 Å². The lowest BCUT2D eigenvalue weighted by Gasteiger charge is -2.00. The molecule has 1 aromatic carbocycles.